The first-order chi connectivity index (χ1) is 15.5. The van der Waals surface area contributed by atoms with Crippen LogP contribution in [-0.4, -0.2) is 47.6 Å². The Balaban J connectivity index is 1.59. The maximum Gasteiger partial charge on any atom is 0.408 e. The second-order valence-corrected chi connectivity index (χ2v) is 9.27. The van der Waals surface area contributed by atoms with E-state index < -0.39 is 29.3 Å². The lowest BCUT2D eigenvalue weighted by Crippen LogP contribution is -2.54. The van der Waals surface area contributed by atoms with E-state index in [-0.39, 0.29) is 25.5 Å². The molecule has 0 radical (unpaired) electrons. The van der Waals surface area contributed by atoms with Crippen LogP contribution in [-0.2, 0) is 14.3 Å². The lowest BCUT2D eigenvalue weighted by Gasteiger charge is -2.27. The summed E-state index contributed by atoms with van der Waals surface area (Å²) < 4.78 is 10.6. The van der Waals surface area contributed by atoms with Crippen LogP contribution < -0.4 is 10.6 Å². The van der Waals surface area contributed by atoms with E-state index in [9.17, 15) is 19.5 Å². The first-order valence-electron chi connectivity index (χ1n) is 10.8. The predicted molar refractivity (Wildman–Crippen MR) is 123 cm³/mol. The number of carboxylic acids is 1. The third-order valence-electron chi connectivity index (χ3n) is 5.49. The molecule has 1 atom stereocenters. The van der Waals surface area contributed by atoms with Crippen molar-refractivity contribution in [1.29, 1.82) is 0 Å². The molecular weight excluding hydrogens is 424 g/mol. The van der Waals surface area contributed by atoms with Crippen LogP contribution in [0.5, 0.6) is 0 Å². The van der Waals surface area contributed by atoms with Crippen molar-refractivity contribution in [2.24, 2.45) is 0 Å². The van der Waals surface area contributed by atoms with Gasteiger partial charge in [-0.1, -0.05) is 48.5 Å². The molecule has 0 heterocycles. The molecule has 3 N–H and O–H groups in total. The van der Waals surface area contributed by atoms with Gasteiger partial charge in [-0.3, -0.25) is 0 Å². The van der Waals surface area contributed by atoms with E-state index in [0.717, 1.165) is 22.3 Å². The summed E-state index contributed by atoms with van der Waals surface area (Å²) >= 11 is 0. The minimum Gasteiger partial charge on any atom is -0.480 e. The minimum atomic E-state index is -1.63. The average molecular weight is 455 g/mol. The van der Waals surface area contributed by atoms with E-state index in [4.69, 9.17) is 9.47 Å². The van der Waals surface area contributed by atoms with E-state index in [2.05, 4.69) is 10.6 Å². The number of hydrogen-bond donors (Lipinski definition) is 3. The summed E-state index contributed by atoms with van der Waals surface area (Å²) in [6.45, 7) is 6.63. The number of fused-ring (bicyclic) bond motifs is 3. The maximum atomic E-state index is 12.5. The van der Waals surface area contributed by atoms with Gasteiger partial charge in [0, 0.05) is 12.5 Å². The third-order valence-corrected chi connectivity index (χ3v) is 5.49. The number of amides is 2. The third kappa shape index (κ3) is 5.83. The number of nitrogens with one attached hydrogen (secondary N) is 2. The van der Waals surface area contributed by atoms with Crippen LogP contribution >= 0.6 is 0 Å². The average Bonchev–Trinajstić information content (AvgIpc) is 3.04. The zero-order valence-corrected chi connectivity index (χ0v) is 19.3. The Morgan fingerprint density at radius 2 is 1.45 bits per heavy atom. The summed E-state index contributed by atoms with van der Waals surface area (Å²) in [5, 5.41) is 14.6. The molecule has 8 heteroatoms. The Morgan fingerprint density at radius 1 is 0.909 bits per heavy atom. The summed E-state index contributed by atoms with van der Waals surface area (Å²) in [6, 6.07) is 15.9. The molecule has 3 rings (SSSR count). The molecule has 0 bridgehead atoms. The van der Waals surface area contributed by atoms with Gasteiger partial charge >= 0.3 is 18.2 Å². The molecule has 1 unspecified atom stereocenters. The lowest BCUT2D eigenvalue weighted by molar-refractivity contribution is -0.144. The first-order valence-corrected chi connectivity index (χ1v) is 10.8. The normalized spacial score (nSPS) is 14.4. The van der Waals surface area contributed by atoms with Crippen molar-refractivity contribution in [3.05, 3.63) is 59.7 Å². The van der Waals surface area contributed by atoms with Crippen molar-refractivity contribution in [1.82, 2.24) is 10.6 Å². The highest BCUT2D eigenvalue weighted by atomic mass is 16.6. The molecule has 1 aliphatic carbocycles. The van der Waals surface area contributed by atoms with Crippen molar-refractivity contribution in [3.8, 4) is 11.1 Å². The fourth-order valence-electron chi connectivity index (χ4n) is 3.81. The van der Waals surface area contributed by atoms with Gasteiger partial charge in [0.15, 0.2) is 0 Å². The van der Waals surface area contributed by atoms with Crippen molar-refractivity contribution < 1.29 is 29.0 Å². The van der Waals surface area contributed by atoms with E-state index in [1.165, 1.54) is 6.92 Å². The monoisotopic (exact) mass is 454 g/mol. The number of ether oxygens (including phenoxy) is 2. The molecule has 1 aliphatic rings. The quantitative estimate of drug-likeness (QED) is 0.575. The first kappa shape index (κ1) is 24.1. The number of aliphatic carboxylic acids is 1. The van der Waals surface area contributed by atoms with Crippen LogP contribution in [0.3, 0.4) is 0 Å². The molecule has 0 saturated carbocycles. The Labute approximate surface area is 193 Å². The molecule has 0 aliphatic heterocycles. The minimum absolute atomic E-state index is 0.00136. The lowest BCUT2D eigenvalue weighted by atomic mass is 9.98. The molecule has 0 fully saturated rings. The largest absolute Gasteiger partial charge is 0.480 e. The Morgan fingerprint density at radius 3 is 1.97 bits per heavy atom. The number of hydrogen-bond acceptors (Lipinski definition) is 5. The van der Waals surface area contributed by atoms with Crippen LogP contribution in [0.15, 0.2) is 48.5 Å². The molecule has 0 spiro atoms. The van der Waals surface area contributed by atoms with E-state index in [1.807, 2.05) is 48.5 Å². The molecule has 2 aromatic carbocycles. The van der Waals surface area contributed by atoms with Gasteiger partial charge in [-0.15, -0.1) is 0 Å². The van der Waals surface area contributed by atoms with Gasteiger partial charge in [0.1, 0.15) is 17.7 Å². The van der Waals surface area contributed by atoms with Crippen molar-refractivity contribution >= 4 is 18.2 Å². The summed E-state index contributed by atoms with van der Waals surface area (Å²) in [6.07, 6.45) is -1.54. The number of alkyl carbamates (subject to hydrolysis) is 2. The molecule has 33 heavy (non-hydrogen) atoms. The summed E-state index contributed by atoms with van der Waals surface area (Å²) in [5.74, 6) is -1.37. The van der Waals surface area contributed by atoms with Crippen molar-refractivity contribution in [2.75, 3.05) is 13.2 Å². The van der Waals surface area contributed by atoms with Gasteiger partial charge in [-0.25, -0.2) is 14.4 Å². The van der Waals surface area contributed by atoms with Crippen LogP contribution in [0.2, 0.25) is 0 Å². The van der Waals surface area contributed by atoms with Crippen LogP contribution in [0.1, 0.15) is 51.2 Å². The van der Waals surface area contributed by atoms with Gasteiger partial charge in [0.2, 0.25) is 0 Å². The van der Waals surface area contributed by atoms with Gasteiger partial charge in [-0.2, -0.15) is 0 Å². The number of rotatable bonds is 7. The van der Waals surface area contributed by atoms with E-state index in [0.29, 0.717) is 0 Å². The number of benzene rings is 2. The van der Waals surface area contributed by atoms with Gasteiger partial charge < -0.3 is 25.2 Å². The topological polar surface area (TPSA) is 114 Å². The summed E-state index contributed by atoms with van der Waals surface area (Å²) in [7, 11) is 0. The molecule has 2 aromatic rings. The number of carboxylic acid groups (broad SMARTS) is 1. The molecule has 2 amide bonds. The number of carbonyl (C=O) groups excluding carboxylic acids is 2. The molecule has 176 valence electrons. The fraction of sp³-hybridized carbons (Fsp3) is 0.400. The Bertz CT molecular complexity index is 1000. The molecular formula is C25H30N2O6. The second-order valence-electron chi connectivity index (χ2n) is 9.27. The zero-order valence-electron chi connectivity index (χ0n) is 19.3. The van der Waals surface area contributed by atoms with E-state index in [1.54, 1.807) is 20.8 Å². The van der Waals surface area contributed by atoms with Crippen molar-refractivity contribution in [3.63, 3.8) is 0 Å². The highest BCUT2D eigenvalue weighted by molar-refractivity contribution is 5.84. The number of carbonyl (C=O) groups is 3. The van der Waals surface area contributed by atoms with Crippen LogP contribution in [0.4, 0.5) is 9.59 Å². The summed E-state index contributed by atoms with van der Waals surface area (Å²) in [4.78, 5) is 36.1. The summed E-state index contributed by atoms with van der Waals surface area (Å²) in [5.41, 5.74) is 2.04. The Hall–Kier alpha value is -3.55. The smallest absolute Gasteiger partial charge is 0.408 e. The van der Waals surface area contributed by atoms with Gasteiger partial charge in [0.25, 0.3) is 0 Å². The fourth-order valence-corrected chi connectivity index (χ4v) is 3.81. The van der Waals surface area contributed by atoms with Crippen LogP contribution in [0.25, 0.3) is 11.1 Å². The van der Waals surface area contributed by atoms with E-state index >= 15 is 0 Å². The van der Waals surface area contributed by atoms with Crippen molar-refractivity contribution in [2.45, 2.75) is 51.2 Å². The molecule has 0 aromatic heterocycles. The molecule has 8 nitrogen and oxygen atoms in total. The van der Waals surface area contributed by atoms with Gasteiger partial charge in [0.05, 0.1) is 0 Å². The van der Waals surface area contributed by atoms with Gasteiger partial charge in [-0.05, 0) is 56.4 Å². The zero-order chi connectivity index (χ0) is 24.2. The SMILES string of the molecule is CC(C)(C)OC(=O)NCCC(C)(NC(=O)OCC1c2ccccc2-c2ccccc21)C(=O)O. The predicted octanol–water partition coefficient (Wildman–Crippen LogP) is 4.28. The maximum absolute atomic E-state index is 12.5. The van der Waals surface area contributed by atoms with Crippen LogP contribution in [0, 0.1) is 0 Å². The standard InChI is InChI=1S/C25H30N2O6/c1-24(2,3)33-22(30)26-14-13-25(4,21(28)29)27-23(31)32-15-20-18-11-7-5-9-16(18)17-10-6-8-12-19(17)20/h5-12,20H,13-15H2,1-4H3,(H,26,30)(H,27,31)(H,28,29). The highest BCUT2D eigenvalue weighted by Gasteiger charge is 2.36. The second kappa shape index (κ2) is 9.52. The highest BCUT2D eigenvalue weighted by Crippen LogP contribution is 2.44. The Kier molecular flexibility index (Phi) is 6.95. The molecule has 0 saturated heterocycles.